The standard InChI is InChI=1S/C18H20N2S/c1-12-7-13(2)9-15(8-12)16(19)11-21-18-10-14-5-3-4-6-17(14)20-18/h3-10,16,20H,11,19H2,1-2H3. The Hall–Kier alpha value is -1.71. The monoisotopic (exact) mass is 296 g/mol. The second-order valence-corrected chi connectivity index (χ2v) is 6.62. The first-order valence-electron chi connectivity index (χ1n) is 7.16. The number of aromatic amines is 1. The van der Waals surface area contributed by atoms with Gasteiger partial charge >= 0.3 is 0 Å². The van der Waals surface area contributed by atoms with Gasteiger partial charge in [-0.25, -0.2) is 0 Å². The lowest BCUT2D eigenvalue weighted by atomic mass is 10.0. The predicted octanol–water partition coefficient (Wildman–Crippen LogP) is 4.58. The maximum atomic E-state index is 6.34. The molecule has 0 bridgehead atoms. The molecule has 0 amide bonds. The van der Waals surface area contributed by atoms with E-state index in [0.717, 1.165) is 5.75 Å². The zero-order valence-corrected chi connectivity index (χ0v) is 13.2. The minimum atomic E-state index is 0.0556. The molecule has 2 aromatic carbocycles. The van der Waals surface area contributed by atoms with Crippen LogP contribution in [0.4, 0.5) is 0 Å². The van der Waals surface area contributed by atoms with Gasteiger partial charge in [0.15, 0.2) is 0 Å². The molecule has 0 aliphatic rings. The highest BCUT2D eigenvalue weighted by Crippen LogP contribution is 2.27. The van der Waals surface area contributed by atoms with E-state index in [0.29, 0.717) is 0 Å². The maximum Gasteiger partial charge on any atom is 0.0733 e. The van der Waals surface area contributed by atoms with Gasteiger partial charge in [0.2, 0.25) is 0 Å². The fourth-order valence-electron chi connectivity index (χ4n) is 2.62. The number of H-pyrrole nitrogens is 1. The van der Waals surface area contributed by atoms with Crippen molar-refractivity contribution in [3.05, 3.63) is 65.2 Å². The third-order valence-corrected chi connectivity index (χ3v) is 4.65. The molecule has 21 heavy (non-hydrogen) atoms. The summed E-state index contributed by atoms with van der Waals surface area (Å²) in [6.07, 6.45) is 0. The van der Waals surface area contributed by atoms with Crippen LogP contribution in [0, 0.1) is 13.8 Å². The van der Waals surface area contributed by atoms with E-state index in [9.17, 15) is 0 Å². The smallest absolute Gasteiger partial charge is 0.0733 e. The van der Waals surface area contributed by atoms with Gasteiger partial charge in [-0.1, -0.05) is 47.5 Å². The van der Waals surface area contributed by atoms with Crippen LogP contribution in [0.2, 0.25) is 0 Å². The van der Waals surface area contributed by atoms with Gasteiger partial charge in [-0.15, -0.1) is 11.8 Å². The first kappa shape index (κ1) is 14.2. The lowest BCUT2D eigenvalue weighted by Crippen LogP contribution is -2.13. The van der Waals surface area contributed by atoms with E-state index in [2.05, 4.69) is 67.4 Å². The third kappa shape index (κ3) is 3.31. The van der Waals surface area contributed by atoms with E-state index in [1.54, 1.807) is 11.8 Å². The summed E-state index contributed by atoms with van der Waals surface area (Å²) in [5.74, 6) is 0.871. The van der Waals surface area contributed by atoms with Gasteiger partial charge in [-0.05, 0) is 31.5 Å². The SMILES string of the molecule is Cc1cc(C)cc(C(N)CSc2cc3ccccc3[nH]2)c1. The van der Waals surface area contributed by atoms with Crippen molar-refractivity contribution in [2.24, 2.45) is 5.73 Å². The lowest BCUT2D eigenvalue weighted by Gasteiger charge is -2.13. The molecule has 1 aromatic heterocycles. The van der Waals surface area contributed by atoms with Crippen molar-refractivity contribution < 1.29 is 0 Å². The average molecular weight is 296 g/mol. The Bertz CT molecular complexity index is 708. The molecule has 0 fully saturated rings. The Morgan fingerprint density at radius 1 is 1.05 bits per heavy atom. The second-order valence-electron chi connectivity index (χ2n) is 5.56. The predicted molar refractivity (Wildman–Crippen MR) is 91.9 cm³/mol. The first-order chi connectivity index (χ1) is 10.1. The number of fused-ring (bicyclic) bond motifs is 1. The fourth-order valence-corrected chi connectivity index (χ4v) is 3.57. The van der Waals surface area contributed by atoms with Gasteiger partial charge in [-0.3, -0.25) is 0 Å². The molecular formula is C18H20N2S. The van der Waals surface area contributed by atoms with Crippen molar-refractivity contribution in [2.45, 2.75) is 24.9 Å². The summed E-state index contributed by atoms with van der Waals surface area (Å²) in [6.45, 7) is 4.24. The van der Waals surface area contributed by atoms with Gasteiger partial charge in [0.1, 0.15) is 0 Å². The van der Waals surface area contributed by atoms with Crippen LogP contribution >= 0.6 is 11.8 Å². The van der Waals surface area contributed by atoms with Crippen LogP contribution in [0.1, 0.15) is 22.7 Å². The first-order valence-corrected chi connectivity index (χ1v) is 8.15. The van der Waals surface area contributed by atoms with Crippen molar-refractivity contribution in [3.8, 4) is 0 Å². The highest BCUT2D eigenvalue weighted by molar-refractivity contribution is 7.99. The topological polar surface area (TPSA) is 41.8 Å². The summed E-state index contributed by atoms with van der Waals surface area (Å²) in [5.41, 5.74) is 11.3. The van der Waals surface area contributed by atoms with E-state index < -0.39 is 0 Å². The molecule has 0 saturated heterocycles. The molecule has 3 aromatic rings. The quantitative estimate of drug-likeness (QED) is 0.692. The molecule has 2 nitrogen and oxygen atoms in total. The Labute approximate surface area is 129 Å². The van der Waals surface area contributed by atoms with E-state index in [1.165, 1.54) is 32.6 Å². The third-order valence-electron chi connectivity index (χ3n) is 3.60. The van der Waals surface area contributed by atoms with Crippen LogP contribution in [0.3, 0.4) is 0 Å². The molecule has 1 heterocycles. The summed E-state index contributed by atoms with van der Waals surface area (Å²) in [5, 5.41) is 2.43. The molecule has 3 heteroatoms. The maximum absolute atomic E-state index is 6.34. The van der Waals surface area contributed by atoms with Crippen molar-refractivity contribution >= 4 is 22.7 Å². The number of rotatable bonds is 4. The summed E-state index contributed by atoms with van der Waals surface area (Å²) in [7, 11) is 0. The number of nitrogens with one attached hydrogen (secondary N) is 1. The van der Waals surface area contributed by atoms with E-state index in [4.69, 9.17) is 5.73 Å². The minimum absolute atomic E-state index is 0.0556. The summed E-state index contributed by atoms with van der Waals surface area (Å²) >= 11 is 1.78. The van der Waals surface area contributed by atoms with E-state index >= 15 is 0 Å². The molecule has 1 unspecified atom stereocenters. The minimum Gasteiger partial charge on any atom is -0.350 e. The van der Waals surface area contributed by atoms with E-state index in [1.807, 2.05) is 0 Å². The molecule has 0 spiro atoms. The summed E-state index contributed by atoms with van der Waals surface area (Å²) in [6, 6.07) is 17.1. The lowest BCUT2D eigenvalue weighted by molar-refractivity contribution is 0.827. The van der Waals surface area contributed by atoms with Gasteiger partial charge in [0, 0.05) is 22.7 Å². The van der Waals surface area contributed by atoms with Crippen LogP contribution < -0.4 is 5.73 Å². The zero-order chi connectivity index (χ0) is 14.8. The van der Waals surface area contributed by atoms with Crippen LogP contribution in [0.25, 0.3) is 10.9 Å². The van der Waals surface area contributed by atoms with Gasteiger partial charge in [0.25, 0.3) is 0 Å². The van der Waals surface area contributed by atoms with Crippen LogP contribution in [-0.4, -0.2) is 10.7 Å². The molecule has 3 N–H and O–H groups in total. The molecule has 0 aliphatic carbocycles. The molecule has 0 aliphatic heterocycles. The van der Waals surface area contributed by atoms with Crippen LogP contribution in [0.5, 0.6) is 0 Å². The van der Waals surface area contributed by atoms with Crippen LogP contribution in [0.15, 0.2) is 53.6 Å². The number of hydrogen-bond donors (Lipinski definition) is 2. The largest absolute Gasteiger partial charge is 0.350 e. The van der Waals surface area contributed by atoms with Crippen molar-refractivity contribution in [3.63, 3.8) is 0 Å². The summed E-state index contributed by atoms with van der Waals surface area (Å²) in [4.78, 5) is 3.43. The molecule has 0 saturated carbocycles. The Morgan fingerprint density at radius 2 is 1.76 bits per heavy atom. The highest BCUT2D eigenvalue weighted by Gasteiger charge is 2.09. The molecular weight excluding hydrogens is 276 g/mol. The van der Waals surface area contributed by atoms with Crippen molar-refractivity contribution in [1.29, 1.82) is 0 Å². The molecule has 0 radical (unpaired) electrons. The number of hydrogen-bond acceptors (Lipinski definition) is 2. The van der Waals surface area contributed by atoms with E-state index in [-0.39, 0.29) is 6.04 Å². The van der Waals surface area contributed by atoms with Gasteiger partial charge < -0.3 is 10.7 Å². The normalized spacial score (nSPS) is 12.7. The number of aromatic nitrogens is 1. The van der Waals surface area contributed by atoms with Crippen molar-refractivity contribution in [2.75, 3.05) is 5.75 Å². The number of para-hydroxylation sites is 1. The fraction of sp³-hybridized carbons (Fsp3) is 0.222. The number of aryl methyl sites for hydroxylation is 2. The van der Waals surface area contributed by atoms with Crippen LogP contribution in [-0.2, 0) is 0 Å². The zero-order valence-electron chi connectivity index (χ0n) is 12.4. The number of benzene rings is 2. The average Bonchev–Trinajstić information content (AvgIpc) is 2.86. The number of thioether (sulfide) groups is 1. The Kier molecular flexibility index (Phi) is 4.04. The molecule has 108 valence electrons. The number of nitrogens with two attached hydrogens (primary N) is 1. The van der Waals surface area contributed by atoms with Gasteiger partial charge in [-0.2, -0.15) is 0 Å². The Balaban J connectivity index is 1.71. The molecule has 1 atom stereocenters. The summed E-state index contributed by atoms with van der Waals surface area (Å²) < 4.78 is 0. The van der Waals surface area contributed by atoms with Gasteiger partial charge in [0.05, 0.1) is 5.03 Å². The van der Waals surface area contributed by atoms with Crippen molar-refractivity contribution in [1.82, 2.24) is 4.98 Å². The second kappa shape index (κ2) is 5.96. The molecule has 3 rings (SSSR count). The highest BCUT2D eigenvalue weighted by atomic mass is 32.2. The Morgan fingerprint density at radius 3 is 2.48 bits per heavy atom.